The highest BCUT2D eigenvalue weighted by Gasteiger charge is 1.89. The number of nitriles is 2. The minimum Gasteiger partial charge on any atom is -0.344 e. The summed E-state index contributed by atoms with van der Waals surface area (Å²) >= 11 is 0. The zero-order valence-corrected chi connectivity index (χ0v) is 9.17. The van der Waals surface area contributed by atoms with Crippen LogP contribution in [0.2, 0.25) is 0 Å². The maximum absolute atomic E-state index is 8.08. The number of nitrogens with zero attached hydrogens (tertiary/aromatic N) is 2. The Kier molecular flexibility index (Phi) is 18.6. The molecule has 0 saturated heterocycles. The highest BCUT2D eigenvalue weighted by atomic mass is 14.2. The smallest absolute Gasteiger partial charge is 0.0652 e. The van der Waals surface area contributed by atoms with Crippen LogP contribution in [-0.2, 0) is 0 Å². The van der Waals surface area contributed by atoms with E-state index in [9.17, 15) is 0 Å². The summed E-state index contributed by atoms with van der Waals surface area (Å²) in [5.41, 5.74) is 0. The maximum atomic E-state index is 8.08. The molecule has 13 heavy (non-hydrogen) atoms. The fraction of sp³-hybridized carbons (Fsp3) is 0.800. The summed E-state index contributed by atoms with van der Waals surface area (Å²) in [6.45, 7) is 7.85. The monoisotopic (exact) mass is 183 g/mol. The Balaban J connectivity index is -0.000000143. The third kappa shape index (κ3) is 18.2. The van der Waals surface area contributed by atoms with Crippen molar-refractivity contribution in [1.29, 1.82) is 10.5 Å². The van der Waals surface area contributed by atoms with Crippen LogP contribution in [0, 0.1) is 34.5 Å². The Morgan fingerprint density at radius 2 is 1.15 bits per heavy atom. The summed E-state index contributed by atoms with van der Waals surface area (Å²) in [6, 6.07) is 4.23. The van der Waals surface area contributed by atoms with Gasteiger partial charge in [-0.25, -0.2) is 0 Å². The van der Waals surface area contributed by atoms with Crippen molar-refractivity contribution < 1.29 is 0 Å². The van der Waals surface area contributed by atoms with Gasteiger partial charge in [0.1, 0.15) is 0 Å². The molecule has 0 rings (SSSR count). The molecule has 0 aliphatic heterocycles. The van der Waals surface area contributed by atoms with Gasteiger partial charge >= 0.3 is 0 Å². The lowest BCUT2D eigenvalue weighted by molar-refractivity contribution is 0.713. The van der Waals surface area contributed by atoms with Gasteiger partial charge in [-0.1, -0.05) is 13.8 Å². The molecule has 0 bridgehead atoms. The van der Waals surface area contributed by atoms with Crippen molar-refractivity contribution in [3.05, 3.63) is 0 Å². The molecule has 2 atom stereocenters. The van der Waals surface area contributed by atoms with Gasteiger partial charge in [0.2, 0.25) is 0 Å². The molecule has 0 saturated carbocycles. The van der Waals surface area contributed by atoms with Crippen molar-refractivity contribution in [3.63, 3.8) is 0 Å². The molecular weight excluding hydrogens is 162 g/mol. The van der Waals surface area contributed by atoms with Crippen molar-refractivity contribution in [3.8, 4) is 12.1 Å². The average Bonchev–Trinajstić information content (AvgIpc) is 2.16. The first-order valence-corrected chi connectivity index (χ1v) is 4.41. The quantitative estimate of drug-likeness (QED) is 0.713. The first-order valence-electron chi connectivity index (χ1n) is 4.41. The first-order chi connectivity index (χ1) is 5.62. The van der Waals surface area contributed by atoms with Gasteiger partial charge in [0.25, 0.3) is 0 Å². The Hall–Kier alpha value is -1.06. The topological polar surface area (TPSA) is 82.6 Å². The predicted octanol–water partition coefficient (Wildman–Crippen LogP) is 3.27. The highest BCUT2D eigenvalue weighted by molar-refractivity contribution is 4.76. The molecule has 3 heteroatoms. The van der Waals surface area contributed by atoms with Crippen LogP contribution in [0.25, 0.3) is 0 Å². The molecule has 0 fully saturated rings. The van der Waals surface area contributed by atoms with Gasteiger partial charge < -0.3 is 6.15 Å². The minimum absolute atomic E-state index is 0. The Morgan fingerprint density at radius 1 is 0.923 bits per heavy atom. The molecule has 0 radical (unpaired) electrons. The van der Waals surface area contributed by atoms with Crippen molar-refractivity contribution in [2.45, 2.75) is 40.5 Å². The lowest BCUT2D eigenvalue weighted by atomic mass is 10.2. The molecule has 0 heterocycles. The molecule has 76 valence electrons. The van der Waals surface area contributed by atoms with Crippen molar-refractivity contribution >= 4 is 0 Å². The van der Waals surface area contributed by atoms with Crippen LogP contribution in [-0.4, -0.2) is 0 Å². The standard InChI is InChI=1S/2C5H9N.H3N/c2*1-3-5(2)4-6;/h2*5H,3H2,1-2H3;1H3. The number of hydrogen-bond acceptors (Lipinski definition) is 3. The van der Waals surface area contributed by atoms with E-state index in [1.54, 1.807) is 0 Å². The molecule has 0 aromatic carbocycles. The third-order valence-electron chi connectivity index (χ3n) is 1.67. The van der Waals surface area contributed by atoms with E-state index in [4.69, 9.17) is 10.5 Å². The first kappa shape index (κ1) is 17.9. The molecule has 0 amide bonds. The van der Waals surface area contributed by atoms with Crippen LogP contribution in [0.3, 0.4) is 0 Å². The van der Waals surface area contributed by atoms with Crippen LogP contribution in [0.5, 0.6) is 0 Å². The van der Waals surface area contributed by atoms with Gasteiger partial charge in [-0.05, 0) is 26.7 Å². The SMILES string of the molecule is CCC(C)C#N.CCC(C)C#N.N. The lowest BCUT2D eigenvalue weighted by Crippen LogP contribution is -1.81. The van der Waals surface area contributed by atoms with Crippen LogP contribution < -0.4 is 6.15 Å². The van der Waals surface area contributed by atoms with Crippen molar-refractivity contribution in [2.24, 2.45) is 11.8 Å². The fourth-order valence-electron chi connectivity index (χ4n) is 0.183. The number of hydrogen-bond donors (Lipinski definition) is 1. The zero-order chi connectivity index (χ0) is 9.98. The second-order valence-corrected chi connectivity index (χ2v) is 2.88. The van der Waals surface area contributed by atoms with E-state index in [2.05, 4.69) is 12.1 Å². The van der Waals surface area contributed by atoms with Crippen molar-refractivity contribution in [2.75, 3.05) is 0 Å². The summed E-state index contributed by atoms with van der Waals surface area (Å²) in [7, 11) is 0. The molecule has 0 aliphatic carbocycles. The van der Waals surface area contributed by atoms with Gasteiger partial charge in [0.15, 0.2) is 0 Å². The fourth-order valence-corrected chi connectivity index (χ4v) is 0.183. The Morgan fingerprint density at radius 3 is 1.15 bits per heavy atom. The summed E-state index contributed by atoms with van der Waals surface area (Å²) in [6.07, 6.45) is 1.94. The summed E-state index contributed by atoms with van der Waals surface area (Å²) < 4.78 is 0. The zero-order valence-electron chi connectivity index (χ0n) is 9.17. The van der Waals surface area contributed by atoms with Crippen LogP contribution in [0.1, 0.15) is 40.5 Å². The lowest BCUT2D eigenvalue weighted by Gasteiger charge is -1.87. The molecule has 0 aromatic heterocycles. The van der Waals surface area contributed by atoms with E-state index in [1.807, 2.05) is 27.7 Å². The van der Waals surface area contributed by atoms with Gasteiger partial charge in [-0.15, -0.1) is 0 Å². The summed E-state index contributed by atoms with van der Waals surface area (Å²) in [5.74, 6) is 0.481. The second-order valence-electron chi connectivity index (χ2n) is 2.88. The molecule has 3 N–H and O–H groups in total. The Bertz CT molecular complexity index is 144. The van der Waals surface area contributed by atoms with Gasteiger partial charge in [-0.2, -0.15) is 10.5 Å². The normalized spacial score (nSPS) is 11.8. The van der Waals surface area contributed by atoms with E-state index in [1.165, 1.54) is 0 Å². The Labute approximate surface area is 82.0 Å². The average molecular weight is 183 g/mol. The van der Waals surface area contributed by atoms with E-state index in [-0.39, 0.29) is 18.0 Å². The predicted molar refractivity (Wildman–Crippen MR) is 55.2 cm³/mol. The molecule has 3 nitrogen and oxygen atoms in total. The molecular formula is C10H21N3. The summed E-state index contributed by atoms with van der Waals surface area (Å²) in [5, 5.41) is 16.2. The van der Waals surface area contributed by atoms with Crippen LogP contribution in [0.4, 0.5) is 0 Å². The van der Waals surface area contributed by atoms with Gasteiger partial charge in [0, 0.05) is 11.8 Å². The van der Waals surface area contributed by atoms with Crippen molar-refractivity contribution in [1.82, 2.24) is 6.15 Å². The second kappa shape index (κ2) is 13.5. The van der Waals surface area contributed by atoms with E-state index in [0.717, 1.165) is 12.8 Å². The molecule has 0 aliphatic rings. The molecule has 2 unspecified atom stereocenters. The maximum Gasteiger partial charge on any atom is 0.0652 e. The van der Waals surface area contributed by atoms with Gasteiger partial charge in [0.05, 0.1) is 12.1 Å². The van der Waals surface area contributed by atoms with Gasteiger partial charge in [-0.3, -0.25) is 0 Å². The van der Waals surface area contributed by atoms with Crippen LogP contribution >= 0.6 is 0 Å². The summed E-state index contributed by atoms with van der Waals surface area (Å²) in [4.78, 5) is 0. The largest absolute Gasteiger partial charge is 0.344 e. The third-order valence-corrected chi connectivity index (χ3v) is 1.67. The number of rotatable bonds is 2. The highest BCUT2D eigenvalue weighted by Crippen LogP contribution is 1.94. The van der Waals surface area contributed by atoms with E-state index >= 15 is 0 Å². The minimum atomic E-state index is 0. The van der Waals surface area contributed by atoms with E-state index < -0.39 is 0 Å². The molecule has 0 aromatic rings. The van der Waals surface area contributed by atoms with Crippen LogP contribution in [0.15, 0.2) is 0 Å². The van der Waals surface area contributed by atoms with E-state index in [0.29, 0.717) is 0 Å². The molecule has 0 spiro atoms.